The van der Waals surface area contributed by atoms with E-state index in [1.165, 1.54) is 0 Å². The van der Waals surface area contributed by atoms with Crippen LogP contribution in [-0.2, 0) is 0 Å². The standard InChI is InChI=1S/C19H17N5OS/c1-11-16(17(24-19(25)22-11)13-6-8-21-9-7-13)18-23-15(10-26-18)12-2-4-14(20)5-3-12/h2-10,17H,20H2,1H3,(H2,22,24,25). The van der Waals surface area contributed by atoms with E-state index >= 15 is 0 Å². The molecule has 26 heavy (non-hydrogen) atoms. The molecule has 2 amide bonds. The van der Waals surface area contributed by atoms with Crippen LogP contribution in [0.4, 0.5) is 10.5 Å². The lowest BCUT2D eigenvalue weighted by Crippen LogP contribution is -2.42. The SMILES string of the molecule is CC1=C(c2nc(-c3ccc(N)cc3)cs2)C(c2ccncc2)NC(=O)N1. The van der Waals surface area contributed by atoms with E-state index in [9.17, 15) is 4.79 Å². The molecule has 1 aromatic carbocycles. The van der Waals surface area contributed by atoms with Crippen molar-refractivity contribution in [2.24, 2.45) is 0 Å². The van der Waals surface area contributed by atoms with Gasteiger partial charge in [-0.15, -0.1) is 11.3 Å². The minimum atomic E-state index is -0.267. The molecule has 1 unspecified atom stereocenters. The van der Waals surface area contributed by atoms with Gasteiger partial charge in [0.05, 0.1) is 11.7 Å². The number of pyridine rings is 1. The van der Waals surface area contributed by atoms with Crippen molar-refractivity contribution in [1.29, 1.82) is 0 Å². The molecule has 130 valence electrons. The predicted molar refractivity (Wildman–Crippen MR) is 103 cm³/mol. The molecule has 0 saturated carbocycles. The number of carbonyl (C=O) groups excluding carboxylic acids is 1. The highest BCUT2D eigenvalue weighted by Crippen LogP contribution is 2.37. The van der Waals surface area contributed by atoms with Crippen molar-refractivity contribution in [3.05, 3.63) is 70.4 Å². The topological polar surface area (TPSA) is 92.9 Å². The number of nitrogens with two attached hydrogens (primary N) is 1. The van der Waals surface area contributed by atoms with Crippen LogP contribution in [0.1, 0.15) is 23.5 Å². The first-order chi connectivity index (χ1) is 12.6. The Hall–Kier alpha value is -3.19. The smallest absolute Gasteiger partial charge is 0.319 e. The molecule has 0 spiro atoms. The van der Waals surface area contributed by atoms with E-state index in [-0.39, 0.29) is 12.1 Å². The summed E-state index contributed by atoms with van der Waals surface area (Å²) in [4.78, 5) is 20.8. The lowest BCUT2D eigenvalue weighted by Gasteiger charge is -2.28. The number of urea groups is 1. The first-order valence-electron chi connectivity index (χ1n) is 8.12. The molecule has 0 radical (unpaired) electrons. The first kappa shape index (κ1) is 16.3. The average Bonchev–Trinajstić information content (AvgIpc) is 3.12. The van der Waals surface area contributed by atoms with E-state index in [0.717, 1.165) is 38.8 Å². The van der Waals surface area contributed by atoms with Crippen molar-refractivity contribution in [2.75, 3.05) is 5.73 Å². The van der Waals surface area contributed by atoms with Gasteiger partial charge in [-0.3, -0.25) is 4.98 Å². The van der Waals surface area contributed by atoms with E-state index in [4.69, 9.17) is 10.7 Å². The van der Waals surface area contributed by atoms with Crippen LogP contribution in [0.3, 0.4) is 0 Å². The molecular weight excluding hydrogens is 346 g/mol. The molecule has 0 aliphatic carbocycles. The van der Waals surface area contributed by atoms with Gasteiger partial charge in [0.25, 0.3) is 0 Å². The Morgan fingerprint density at radius 2 is 1.85 bits per heavy atom. The zero-order valence-corrected chi connectivity index (χ0v) is 14.9. The molecule has 4 N–H and O–H groups in total. The van der Waals surface area contributed by atoms with Crippen LogP contribution in [0, 0.1) is 0 Å². The van der Waals surface area contributed by atoms with Gasteiger partial charge in [0, 0.05) is 40.3 Å². The van der Waals surface area contributed by atoms with Gasteiger partial charge in [-0.1, -0.05) is 12.1 Å². The summed E-state index contributed by atoms with van der Waals surface area (Å²) in [5.74, 6) is 0. The van der Waals surface area contributed by atoms with Crippen molar-refractivity contribution >= 4 is 28.6 Å². The Labute approximate surface area is 154 Å². The fourth-order valence-electron chi connectivity index (χ4n) is 2.97. The molecule has 7 heteroatoms. The predicted octanol–water partition coefficient (Wildman–Crippen LogP) is 3.57. The lowest BCUT2D eigenvalue weighted by molar-refractivity contribution is 0.240. The normalized spacial score (nSPS) is 17.0. The molecule has 3 aromatic rings. The highest BCUT2D eigenvalue weighted by molar-refractivity contribution is 7.11. The van der Waals surface area contributed by atoms with Gasteiger partial charge in [0.15, 0.2) is 0 Å². The quantitative estimate of drug-likeness (QED) is 0.620. The van der Waals surface area contributed by atoms with Gasteiger partial charge in [0.1, 0.15) is 5.01 Å². The summed E-state index contributed by atoms with van der Waals surface area (Å²) in [6.45, 7) is 1.90. The zero-order chi connectivity index (χ0) is 18.1. The highest BCUT2D eigenvalue weighted by atomic mass is 32.1. The van der Waals surface area contributed by atoms with Crippen molar-refractivity contribution in [3.8, 4) is 11.3 Å². The van der Waals surface area contributed by atoms with Crippen molar-refractivity contribution in [2.45, 2.75) is 13.0 Å². The van der Waals surface area contributed by atoms with Crippen LogP contribution in [-0.4, -0.2) is 16.0 Å². The second-order valence-electron chi connectivity index (χ2n) is 6.01. The Morgan fingerprint density at radius 3 is 2.58 bits per heavy atom. The lowest BCUT2D eigenvalue weighted by atomic mass is 9.97. The zero-order valence-electron chi connectivity index (χ0n) is 14.1. The molecule has 0 fully saturated rings. The van der Waals surface area contributed by atoms with Crippen LogP contribution in [0.25, 0.3) is 16.8 Å². The number of allylic oxidation sites excluding steroid dienone is 1. The molecule has 1 aliphatic heterocycles. The maximum Gasteiger partial charge on any atom is 0.319 e. The molecule has 3 heterocycles. The number of amides is 2. The third-order valence-electron chi connectivity index (χ3n) is 4.25. The van der Waals surface area contributed by atoms with Gasteiger partial charge in [-0.2, -0.15) is 0 Å². The Kier molecular flexibility index (Phi) is 4.14. The summed E-state index contributed by atoms with van der Waals surface area (Å²) in [7, 11) is 0. The number of nitrogen functional groups attached to an aromatic ring is 1. The molecule has 1 aliphatic rings. The van der Waals surface area contributed by atoms with Gasteiger partial charge < -0.3 is 16.4 Å². The number of nitrogens with one attached hydrogen (secondary N) is 2. The van der Waals surface area contributed by atoms with Crippen LogP contribution in [0.5, 0.6) is 0 Å². The van der Waals surface area contributed by atoms with E-state index < -0.39 is 0 Å². The molecule has 2 aromatic heterocycles. The van der Waals surface area contributed by atoms with E-state index in [1.54, 1.807) is 23.7 Å². The maximum absolute atomic E-state index is 12.0. The first-order valence-corrected chi connectivity index (χ1v) is 9.00. The molecule has 4 rings (SSSR count). The highest BCUT2D eigenvalue weighted by Gasteiger charge is 2.29. The molecule has 1 atom stereocenters. The van der Waals surface area contributed by atoms with E-state index in [2.05, 4.69) is 15.6 Å². The van der Waals surface area contributed by atoms with Crippen LogP contribution >= 0.6 is 11.3 Å². The van der Waals surface area contributed by atoms with Gasteiger partial charge in [0.2, 0.25) is 0 Å². The Bertz CT molecular complexity index is 979. The number of aromatic nitrogens is 2. The summed E-state index contributed by atoms with van der Waals surface area (Å²) in [5, 5.41) is 8.71. The number of nitrogens with zero attached hydrogens (tertiary/aromatic N) is 2. The Balaban J connectivity index is 1.76. The molecule has 6 nitrogen and oxygen atoms in total. The summed E-state index contributed by atoms with van der Waals surface area (Å²) >= 11 is 1.55. The second-order valence-corrected chi connectivity index (χ2v) is 6.87. The van der Waals surface area contributed by atoms with E-state index in [0.29, 0.717) is 0 Å². The van der Waals surface area contributed by atoms with Crippen molar-refractivity contribution in [3.63, 3.8) is 0 Å². The molecule has 0 bridgehead atoms. The molecule has 0 saturated heterocycles. The number of anilines is 1. The largest absolute Gasteiger partial charge is 0.399 e. The third kappa shape index (κ3) is 3.04. The van der Waals surface area contributed by atoms with Gasteiger partial charge >= 0.3 is 6.03 Å². The monoisotopic (exact) mass is 363 g/mol. The van der Waals surface area contributed by atoms with Crippen molar-refractivity contribution < 1.29 is 4.79 Å². The van der Waals surface area contributed by atoms with Crippen LogP contribution in [0.2, 0.25) is 0 Å². The minimum absolute atomic E-state index is 0.219. The second kappa shape index (κ2) is 6.61. The number of benzene rings is 1. The number of thiazole rings is 1. The summed E-state index contributed by atoms with van der Waals surface area (Å²) < 4.78 is 0. The van der Waals surface area contributed by atoms with Gasteiger partial charge in [-0.05, 0) is 36.8 Å². The molecular formula is C19H17N5OS. The summed E-state index contributed by atoms with van der Waals surface area (Å²) in [5.41, 5.74) is 11.1. The number of rotatable bonds is 3. The number of hydrogen-bond acceptors (Lipinski definition) is 5. The van der Waals surface area contributed by atoms with E-state index in [1.807, 2.05) is 48.7 Å². The number of hydrogen-bond donors (Lipinski definition) is 3. The summed E-state index contributed by atoms with van der Waals surface area (Å²) in [6.07, 6.45) is 3.44. The maximum atomic E-state index is 12.0. The third-order valence-corrected chi connectivity index (χ3v) is 5.13. The fraction of sp³-hybridized carbons (Fsp3) is 0.105. The number of carbonyl (C=O) groups is 1. The van der Waals surface area contributed by atoms with Crippen molar-refractivity contribution in [1.82, 2.24) is 20.6 Å². The van der Waals surface area contributed by atoms with Crippen LogP contribution < -0.4 is 16.4 Å². The minimum Gasteiger partial charge on any atom is -0.399 e. The Morgan fingerprint density at radius 1 is 1.12 bits per heavy atom. The van der Waals surface area contributed by atoms with Gasteiger partial charge in [-0.25, -0.2) is 9.78 Å². The summed E-state index contributed by atoms with van der Waals surface area (Å²) in [6, 6.07) is 11.0. The van der Waals surface area contributed by atoms with Crippen LogP contribution in [0.15, 0.2) is 59.9 Å². The average molecular weight is 363 g/mol. The fourth-order valence-corrected chi connectivity index (χ4v) is 3.93.